The SMILES string of the molecule is CCN(CC)CCN(CCC(=O)N1CCNCC1)S(=O)(=O)c1ccc(OC)cc1. The van der Waals surface area contributed by atoms with Crippen LogP contribution in [0.25, 0.3) is 0 Å². The van der Waals surface area contributed by atoms with Crippen molar-refractivity contribution in [2.75, 3.05) is 66.0 Å². The predicted molar refractivity (Wildman–Crippen MR) is 114 cm³/mol. The number of hydrogen-bond donors (Lipinski definition) is 1. The molecule has 1 saturated heterocycles. The number of benzene rings is 1. The van der Waals surface area contributed by atoms with Crippen LogP contribution in [-0.2, 0) is 14.8 Å². The summed E-state index contributed by atoms with van der Waals surface area (Å²) in [6.45, 7) is 9.88. The number of amides is 1. The summed E-state index contributed by atoms with van der Waals surface area (Å²) in [5.74, 6) is 0.608. The van der Waals surface area contributed by atoms with E-state index in [1.807, 2.05) is 0 Å². The van der Waals surface area contributed by atoms with Crippen LogP contribution in [0.2, 0.25) is 0 Å². The molecular weight excluding hydrogens is 392 g/mol. The summed E-state index contributed by atoms with van der Waals surface area (Å²) in [6.07, 6.45) is 0.188. The molecule has 0 radical (unpaired) electrons. The number of nitrogens with zero attached hydrogens (tertiary/aromatic N) is 3. The largest absolute Gasteiger partial charge is 0.497 e. The van der Waals surface area contributed by atoms with Crippen molar-refractivity contribution in [3.63, 3.8) is 0 Å². The molecule has 1 fully saturated rings. The number of methoxy groups -OCH3 is 1. The van der Waals surface area contributed by atoms with Crippen molar-refractivity contribution in [3.8, 4) is 5.75 Å². The van der Waals surface area contributed by atoms with Crippen molar-refractivity contribution >= 4 is 15.9 Å². The molecule has 0 atom stereocenters. The van der Waals surface area contributed by atoms with Gasteiger partial charge in [-0.25, -0.2) is 8.42 Å². The van der Waals surface area contributed by atoms with Gasteiger partial charge in [-0.1, -0.05) is 13.8 Å². The molecule has 0 bridgehead atoms. The molecule has 8 nitrogen and oxygen atoms in total. The van der Waals surface area contributed by atoms with Crippen LogP contribution in [-0.4, -0.2) is 94.4 Å². The van der Waals surface area contributed by atoms with E-state index in [0.29, 0.717) is 31.9 Å². The molecule has 0 saturated carbocycles. The van der Waals surface area contributed by atoms with Crippen LogP contribution in [0.4, 0.5) is 0 Å². The second-order valence-corrected chi connectivity index (χ2v) is 8.93. The first-order valence-electron chi connectivity index (χ1n) is 10.3. The van der Waals surface area contributed by atoms with Crippen LogP contribution in [0.3, 0.4) is 0 Å². The summed E-state index contributed by atoms with van der Waals surface area (Å²) >= 11 is 0. The molecule has 1 aliphatic rings. The maximum absolute atomic E-state index is 13.2. The summed E-state index contributed by atoms with van der Waals surface area (Å²) < 4.78 is 33.0. The molecule has 0 spiro atoms. The average Bonchev–Trinajstić information content (AvgIpc) is 2.76. The number of rotatable bonds is 11. The molecule has 1 heterocycles. The second-order valence-electron chi connectivity index (χ2n) is 6.99. The maximum atomic E-state index is 13.2. The topological polar surface area (TPSA) is 82.2 Å². The van der Waals surface area contributed by atoms with Gasteiger partial charge in [-0.2, -0.15) is 4.31 Å². The zero-order valence-electron chi connectivity index (χ0n) is 17.8. The molecule has 9 heteroatoms. The van der Waals surface area contributed by atoms with E-state index < -0.39 is 10.0 Å². The first-order chi connectivity index (χ1) is 13.9. The normalized spacial score (nSPS) is 15.1. The smallest absolute Gasteiger partial charge is 0.243 e. The Morgan fingerprint density at radius 1 is 1.07 bits per heavy atom. The van der Waals surface area contributed by atoms with Gasteiger partial charge in [0.15, 0.2) is 0 Å². The third kappa shape index (κ3) is 6.67. The van der Waals surface area contributed by atoms with Gasteiger partial charge < -0.3 is 19.9 Å². The van der Waals surface area contributed by atoms with Crippen molar-refractivity contribution in [2.45, 2.75) is 25.2 Å². The molecule has 1 amide bonds. The standard InChI is InChI=1S/C20H34N4O4S/c1-4-22(5-2)16-17-24(13-10-20(25)23-14-11-21-12-15-23)29(26,27)19-8-6-18(28-3)7-9-19/h6-9,21H,4-5,10-17H2,1-3H3. The van der Waals surface area contributed by atoms with Crippen molar-refractivity contribution < 1.29 is 17.9 Å². The molecule has 0 aromatic heterocycles. The Morgan fingerprint density at radius 3 is 2.24 bits per heavy atom. The van der Waals surface area contributed by atoms with Gasteiger partial charge in [0.2, 0.25) is 15.9 Å². The van der Waals surface area contributed by atoms with Gasteiger partial charge in [-0.15, -0.1) is 0 Å². The summed E-state index contributed by atoms with van der Waals surface area (Å²) in [6, 6.07) is 6.39. The van der Waals surface area contributed by atoms with Crippen molar-refractivity contribution in [3.05, 3.63) is 24.3 Å². The Labute approximate surface area is 174 Å². The van der Waals surface area contributed by atoms with Crippen LogP contribution in [0.5, 0.6) is 5.75 Å². The maximum Gasteiger partial charge on any atom is 0.243 e. The summed E-state index contributed by atoms with van der Waals surface area (Å²) in [5, 5.41) is 3.22. The Hall–Kier alpha value is -1.68. The number of ether oxygens (including phenoxy) is 1. The van der Waals surface area contributed by atoms with Crippen molar-refractivity contribution in [2.24, 2.45) is 0 Å². The Morgan fingerprint density at radius 2 is 1.69 bits per heavy atom. The molecule has 1 N–H and O–H groups in total. The van der Waals surface area contributed by atoms with Crippen molar-refractivity contribution in [1.29, 1.82) is 0 Å². The van der Waals surface area contributed by atoms with E-state index in [1.54, 1.807) is 36.3 Å². The van der Waals surface area contributed by atoms with E-state index in [-0.39, 0.29) is 23.8 Å². The van der Waals surface area contributed by atoms with Gasteiger partial charge in [0.05, 0.1) is 12.0 Å². The molecule has 2 rings (SSSR count). The van der Waals surface area contributed by atoms with Crippen LogP contribution >= 0.6 is 0 Å². The molecule has 164 valence electrons. The molecule has 1 aromatic carbocycles. The van der Waals surface area contributed by atoms with Gasteiger partial charge in [0, 0.05) is 52.2 Å². The Kier molecular flexibility index (Phi) is 9.35. The molecular formula is C20H34N4O4S. The van der Waals surface area contributed by atoms with Crippen LogP contribution < -0.4 is 10.1 Å². The lowest BCUT2D eigenvalue weighted by Crippen LogP contribution is -2.47. The monoisotopic (exact) mass is 426 g/mol. The number of sulfonamides is 1. The minimum atomic E-state index is -3.70. The molecule has 0 aliphatic carbocycles. The third-order valence-electron chi connectivity index (χ3n) is 5.30. The number of nitrogens with one attached hydrogen (secondary N) is 1. The lowest BCUT2D eigenvalue weighted by atomic mass is 10.3. The fourth-order valence-electron chi connectivity index (χ4n) is 3.33. The van der Waals surface area contributed by atoms with Crippen molar-refractivity contribution in [1.82, 2.24) is 19.4 Å². The first kappa shape index (κ1) is 23.6. The van der Waals surface area contributed by atoms with Gasteiger partial charge in [-0.3, -0.25) is 4.79 Å². The average molecular weight is 427 g/mol. The minimum Gasteiger partial charge on any atom is -0.497 e. The van der Waals surface area contributed by atoms with E-state index >= 15 is 0 Å². The molecule has 29 heavy (non-hydrogen) atoms. The zero-order chi connectivity index (χ0) is 21.3. The van der Waals surface area contributed by atoms with Gasteiger partial charge in [-0.05, 0) is 37.4 Å². The number of likely N-dealkylation sites (N-methyl/N-ethyl adjacent to an activating group) is 1. The van der Waals surface area contributed by atoms with Crippen LogP contribution in [0.1, 0.15) is 20.3 Å². The Balaban J connectivity index is 2.12. The van der Waals surface area contributed by atoms with Gasteiger partial charge in [0.25, 0.3) is 0 Å². The first-order valence-corrected chi connectivity index (χ1v) is 11.7. The summed E-state index contributed by atoms with van der Waals surface area (Å²) in [4.78, 5) is 16.7. The zero-order valence-corrected chi connectivity index (χ0v) is 18.6. The highest BCUT2D eigenvalue weighted by atomic mass is 32.2. The number of carbonyl (C=O) groups is 1. The Bertz CT molecular complexity index is 729. The predicted octanol–water partition coefficient (Wildman–Crippen LogP) is 0.850. The number of hydrogen-bond acceptors (Lipinski definition) is 6. The lowest BCUT2D eigenvalue weighted by molar-refractivity contribution is -0.131. The van der Waals surface area contributed by atoms with E-state index in [2.05, 4.69) is 24.1 Å². The van der Waals surface area contributed by atoms with Gasteiger partial charge >= 0.3 is 0 Å². The van der Waals surface area contributed by atoms with Crippen LogP contribution in [0, 0.1) is 0 Å². The van der Waals surface area contributed by atoms with Crippen LogP contribution in [0.15, 0.2) is 29.2 Å². The van der Waals surface area contributed by atoms with E-state index in [9.17, 15) is 13.2 Å². The number of piperazine rings is 1. The molecule has 0 unspecified atom stereocenters. The van der Waals surface area contributed by atoms with E-state index in [0.717, 1.165) is 26.2 Å². The second kappa shape index (κ2) is 11.5. The minimum absolute atomic E-state index is 0.00395. The fourth-order valence-corrected chi connectivity index (χ4v) is 4.77. The fraction of sp³-hybridized carbons (Fsp3) is 0.650. The van der Waals surface area contributed by atoms with E-state index in [1.165, 1.54) is 4.31 Å². The van der Waals surface area contributed by atoms with Gasteiger partial charge in [0.1, 0.15) is 5.75 Å². The third-order valence-corrected chi connectivity index (χ3v) is 7.21. The highest BCUT2D eigenvalue weighted by molar-refractivity contribution is 7.89. The lowest BCUT2D eigenvalue weighted by Gasteiger charge is -2.29. The summed E-state index contributed by atoms with van der Waals surface area (Å²) in [5.41, 5.74) is 0. The molecule has 1 aliphatic heterocycles. The highest BCUT2D eigenvalue weighted by Crippen LogP contribution is 2.20. The van der Waals surface area contributed by atoms with E-state index in [4.69, 9.17) is 4.74 Å². The molecule has 1 aromatic rings. The summed E-state index contributed by atoms with van der Waals surface area (Å²) in [7, 11) is -2.15. The number of carbonyl (C=O) groups excluding carboxylic acids is 1. The highest BCUT2D eigenvalue weighted by Gasteiger charge is 2.26. The quantitative estimate of drug-likeness (QED) is 0.565.